The van der Waals surface area contributed by atoms with E-state index in [-0.39, 0.29) is 23.3 Å². The Morgan fingerprint density at radius 2 is 2.25 bits per heavy atom. The van der Waals surface area contributed by atoms with E-state index >= 15 is 0 Å². The molecule has 2 rings (SSSR count). The lowest BCUT2D eigenvalue weighted by Gasteiger charge is -2.06. The van der Waals surface area contributed by atoms with E-state index in [0.29, 0.717) is 5.52 Å². The first kappa shape index (κ1) is 13.5. The van der Waals surface area contributed by atoms with Crippen LogP contribution in [0.1, 0.15) is 0 Å². The van der Waals surface area contributed by atoms with E-state index in [2.05, 4.69) is 10.3 Å². The number of rotatable bonds is 4. The molecule has 0 atom stereocenters. The molecule has 1 aromatic heterocycles. The third-order valence-electron chi connectivity index (χ3n) is 2.73. The molecule has 1 heterocycles. The highest BCUT2D eigenvalue weighted by Crippen LogP contribution is 2.27. The molecule has 1 aromatic carbocycles. The van der Waals surface area contributed by atoms with Crippen molar-refractivity contribution in [1.29, 1.82) is 0 Å². The molecule has 9 heteroatoms. The number of fused-ring (bicyclic) bond motifs is 1. The molecule has 0 radical (unpaired) electrons. The van der Waals surface area contributed by atoms with Crippen LogP contribution in [0.15, 0.2) is 23.3 Å². The van der Waals surface area contributed by atoms with Gasteiger partial charge in [-0.05, 0) is 6.07 Å². The highest BCUT2D eigenvalue weighted by Gasteiger charge is 2.17. The Balaban J connectivity index is 2.74. The van der Waals surface area contributed by atoms with Gasteiger partial charge in [-0.25, -0.2) is 4.98 Å². The molecular formula is C11H11N5O4. The molecule has 104 valence electrons. The molecule has 1 amide bonds. The number of carbonyl (C=O) groups is 1. The maximum absolute atomic E-state index is 12.1. The summed E-state index contributed by atoms with van der Waals surface area (Å²) in [5.74, 6) is -0.699. The zero-order valence-corrected chi connectivity index (χ0v) is 10.5. The van der Waals surface area contributed by atoms with Crippen molar-refractivity contribution in [2.75, 3.05) is 12.4 Å². The number of carbonyl (C=O) groups excluding carboxylic acids is 1. The lowest BCUT2D eigenvalue weighted by Crippen LogP contribution is -2.28. The van der Waals surface area contributed by atoms with Crippen molar-refractivity contribution in [3.05, 3.63) is 38.9 Å². The number of nitrogens with two attached hydrogens (primary N) is 1. The number of anilines is 1. The topological polar surface area (TPSA) is 133 Å². The quantitative estimate of drug-likeness (QED) is 0.588. The molecule has 3 N–H and O–H groups in total. The lowest BCUT2D eigenvalue weighted by molar-refractivity contribution is -0.383. The maximum atomic E-state index is 12.1. The first-order valence-corrected chi connectivity index (χ1v) is 5.57. The lowest BCUT2D eigenvalue weighted by atomic mass is 10.2. The molecule has 2 aromatic rings. The number of amides is 1. The first-order valence-electron chi connectivity index (χ1n) is 5.57. The van der Waals surface area contributed by atoms with Crippen molar-refractivity contribution in [1.82, 2.24) is 9.55 Å². The van der Waals surface area contributed by atoms with E-state index < -0.39 is 16.4 Å². The molecule has 0 bridgehead atoms. The van der Waals surface area contributed by atoms with E-state index in [1.807, 2.05) is 0 Å². The molecule has 0 aliphatic heterocycles. The number of nitrogens with zero attached hydrogens (tertiary/aromatic N) is 3. The number of nitro groups is 1. The summed E-state index contributed by atoms with van der Waals surface area (Å²) in [5.41, 5.74) is 4.77. The number of hydrogen-bond donors (Lipinski definition) is 2. The fourth-order valence-electron chi connectivity index (χ4n) is 1.83. The van der Waals surface area contributed by atoms with Crippen LogP contribution in [0.3, 0.4) is 0 Å². The van der Waals surface area contributed by atoms with Gasteiger partial charge in [0.25, 0.3) is 11.2 Å². The third-order valence-corrected chi connectivity index (χ3v) is 2.73. The fourth-order valence-corrected chi connectivity index (χ4v) is 1.83. The second-order valence-corrected chi connectivity index (χ2v) is 4.04. The van der Waals surface area contributed by atoms with Gasteiger partial charge in [0.05, 0.1) is 22.2 Å². The summed E-state index contributed by atoms with van der Waals surface area (Å²) in [5, 5.41) is 13.7. The summed E-state index contributed by atoms with van der Waals surface area (Å²) in [7, 11) is 1.53. The van der Waals surface area contributed by atoms with Gasteiger partial charge in [-0.3, -0.25) is 24.3 Å². The summed E-state index contributed by atoms with van der Waals surface area (Å²) in [6.07, 6.45) is 1.18. The summed E-state index contributed by atoms with van der Waals surface area (Å²) in [6.45, 7) is -0.330. The van der Waals surface area contributed by atoms with Crippen LogP contribution >= 0.6 is 0 Å². The molecular weight excluding hydrogens is 266 g/mol. The Labute approximate surface area is 112 Å². The Kier molecular flexibility index (Phi) is 3.34. The highest BCUT2D eigenvalue weighted by molar-refractivity contribution is 5.86. The van der Waals surface area contributed by atoms with Crippen molar-refractivity contribution >= 4 is 28.2 Å². The zero-order valence-electron chi connectivity index (χ0n) is 10.5. The van der Waals surface area contributed by atoms with Crippen molar-refractivity contribution in [2.24, 2.45) is 5.73 Å². The molecule has 20 heavy (non-hydrogen) atoms. The van der Waals surface area contributed by atoms with Gasteiger partial charge < -0.3 is 11.1 Å². The molecule has 0 aliphatic rings. The van der Waals surface area contributed by atoms with E-state index in [0.717, 1.165) is 10.6 Å². The maximum Gasteiger partial charge on any atom is 0.293 e. The molecule has 0 saturated carbocycles. The van der Waals surface area contributed by atoms with Gasteiger partial charge in [-0.15, -0.1) is 0 Å². The third kappa shape index (κ3) is 2.28. The second kappa shape index (κ2) is 4.96. The molecule has 0 aliphatic carbocycles. The molecule has 0 fully saturated rings. The van der Waals surface area contributed by atoms with E-state index in [1.54, 1.807) is 0 Å². The number of primary amides is 1. The van der Waals surface area contributed by atoms with Crippen LogP contribution < -0.4 is 16.6 Å². The van der Waals surface area contributed by atoms with Crippen LogP contribution in [0.2, 0.25) is 0 Å². The predicted molar refractivity (Wildman–Crippen MR) is 71.4 cm³/mol. The van der Waals surface area contributed by atoms with Crippen LogP contribution in [0.4, 0.5) is 11.4 Å². The number of nitro benzene ring substituents is 1. The van der Waals surface area contributed by atoms with Gasteiger partial charge in [-0.2, -0.15) is 0 Å². The minimum atomic E-state index is -0.699. The Morgan fingerprint density at radius 3 is 2.80 bits per heavy atom. The van der Waals surface area contributed by atoms with Crippen LogP contribution in [-0.2, 0) is 11.3 Å². The highest BCUT2D eigenvalue weighted by atomic mass is 16.6. The van der Waals surface area contributed by atoms with Crippen LogP contribution in [0.25, 0.3) is 10.9 Å². The molecule has 0 spiro atoms. The van der Waals surface area contributed by atoms with Gasteiger partial charge in [-0.1, -0.05) is 0 Å². The first-order chi connectivity index (χ1) is 9.43. The summed E-state index contributed by atoms with van der Waals surface area (Å²) < 4.78 is 1.01. The van der Waals surface area contributed by atoms with E-state index in [9.17, 15) is 19.7 Å². The van der Waals surface area contributed by atoms with Crippen molar-refractivity contribution in [3.8, 4) is 0 Å². The molecule has 0 saturated heterocycles. The van der Waals surface area contributed by atoms with Gasteiger partial charge >= 0.3 is 0 Å². The Morgan fingerprint density at radius 1 is 1.55 bits per heavy atom. The number of nitrogens with one attached hydrogen (secondary N) is 1. The number of aromatic nitrogens is 2. The Bertz CT molecular complexity index is 767. The fraction of sp³-hybridized carbons (Fsp3) is 0.182. The minimum absolute atomic E-state index is 0.0550. The standard InChI is InChI=1S/C11H11N5O4/c1-13-8-3-7-6(2-9(8)16(19)20)11(18)15(5-14-7)4-10(12)17/h2-3,5,13H,4H2,1H3,(H2,12,17). The van der Waals surface area contributed by atoms with Gasteiger partial charge in [0.2, 0.25) is 5.91 Å². The van der Waals surface area contributed by atoms with Crippen LogP contribution in [-0.4, -0.2) is 27.4 Å². The number of benzene rings is 1. The Hall–Kier alpha value is -2.97. The monoisotopic (exact) mass is 277 g/mol. The SMILES string of the molecule is CNc1cc2ncn(CC(N)=O)c(=O)c2cc1[N+](=O)[O-]. The predicted octanol–water partition coefficient (Wildman–Crippen LogP) is -0.168. The van der Waals surface area contributed by atoms with Crippen molar-refractivity contribution in [2.45, 2.75) is 6.54 Å². The molecule has 0 unspecified atom stereocenters. The van der Waals surface area contributed by atoms with E-state index in [4.69, 9.17) is 5.73 Å². The van der Waals surface area contributed by atoms with Crippen LogP contribution in [0.5, 0.6) is 0 Å². The summed E-state index contributed by atoms with van der Waals surface area (Å²) in [6, 6.07) is 2.54. The van der Waals surface area contributed by atoms with Crippen molar-refractivity contribution in [3.63, 3.8) is 0 Å². The second-order valence-electron chi connectivity index (χ2n) is 4.04. The smallest absolute Gasteiger partial charge is 0.293 e. The average Bonchev–Trinajstić information content (AvgIpc) is 2.40. The van der Waals surface area contributed by atoms with Gasteiger partial charge in [0.15, 0.2) is 0 Å². The average molecular weight is 277 g/mol. The van der Waals surface area contributed by atoms with Gasteiger partial charge in [0, 0.05) is 13.1 Å². The summed E-state index contributed by atoms with van der Waals surface area (Å²) >= 11 is 0. The largest absolute Gasteiger partial charge is 0.383 e. The minimum Gasteiger partial charge on any atom is -0.383 e. The normalized spacial score (nSPS) is 10.4. The zero-order chi connectivity index (χ0) is 14.9. The van der Waals surface area contributed by atoms with Crippen LogP contribution in [0, 0.1) is 10.1 Å². The molecule has 9 nitrogen and oxygen atoms in total. The number of hydrogen-bond acceptors (Lipinski definition) is 6. The van der Waals surface area contributed by atoms with Crippen molar-refractivity contribution < 1.29 is 9.72 Å². The van der Waals surface area contributed by atoms with Gasteiger partial charge in [0.1, 0.15) is 12.2 Å². The van der Waals surface area contributed by atoms with E-state index in [1.165, 1.54) is 19.4 Å². The summed E-state index contributed by atoms with van der Waals surface area (Å²) in [4.78, 5) is 37.3.